The molecule has 0 unspecified atom stereocenters. The van der Waals surface area contributed by atoms with Crippen molar-refractivity contribution in [2.75, 3.05) is 17.2 Å². The quantitative estimate of drug-likeness (QED) is 0.875. The Labute approximate surface area is 125 Å². The van der Waals surface area contributed by atoms with Gasteiger partial charge in [-0.3, -0.25) is 4.79 Å². The minimum Gasteiger partial charge on any atom is -0.385 e. The van der Waals surface area contributed by atoms with Crippen LogP contribution in [0.5, 0.6) is 0 Å². The van der Waals surface area contributed by atoms with E-state index in [1.807, 2.05) is 37.3 Å². The zero-order valence-corrected chi connectivity index (χ0v) is 12.5. The molecule has 3 nitrogen and oxygen atoms in total. The lowest BCUT2D eigenvalue weighted by Crippen LogP contribution is -2.19. The first-order chi connectivity index (χ1) is 10.1. The molecule has 1 amide bonds. The Morgan fingerprint density at radius 1 is 1.19 bits per heavy atom. The molecule has 2 aromatic rings. The van der Waals surface area contributed by atoms with Gasteiger partial charge < -0.3 is 10.6 Å². The summed E-state index contributed by atoms with van der Waals surface area (Å²) in [5, 5.41) is 6.40. The summed E-state index contributed by atoms with van der Waals surface area (Å²) in [4.78, 5) is 12.6. The molecule has 21 heavy (non-hydrogen) atoms. The summed E-state index contributed by atoms with van der Waals surface area (Å²) in [6.45, 7) is 5.05. The second-order valence-electron chi connectivity index (χ2n) is 5.63. The normalized spacial score (nSPS) is 13.2. The molecule has 1 heterocycles. The van der Waals surface area contributed by atoms with Crippen molar-refractivity contribution < 1.29 is 4.79 Å². The summed E-state index contributed by atoms with van der Waals surface area (Å²) < 4.78 is 0. The van der Waals surface area contributed by atoms with Gasteiger partial charge in [-0.2, -0.15) is 0 Å². The van der Waals surface area contributed by atoms with Gasteiger partial charge in [-0.1, -0.05) is 23.8 Å². The Kier molecular flexibility index (Phi) is 3.65. The average Bonchev–Trinajstić information content (AvgIpc) is 2.49. The number of carbonyl (C=O) groups excluding carboxylic acids is 1. The van der Waals surface area contributed by atoms with Gasteiger partial charge in [0.2, 0.25) is 0 Å². The van der Waals surface area contributed by atoms with E-state index in [1.165, 1.54) is 5.56 Å². The SMILES string of the molecule is Cc1ccc(NC(=O)c2cccc3c2CCCN3)c(C)c1. The molecule has 0 saturated heterocycles. The third-order valence-electron chi connectivity index (χ3n) is 3.97. The molecule has 2 N–H and O–H groups in total. The molecule has 0 bridgehead atoms. The van der Waals surface area contributed by atoms with Crippen LogP contribution in [0.2, 0.25) is 0 Å². The van der Waals surface area contributed by atoms with E-state index in [9.17, 15) is 4.79 Å². The highest BCUT2D eigenvalue weighted by Gasteiger charge is 2.17. The number of fused-ring (bicyclic) bond motifs is 1. The number of hydrogen-bond donors (Lipinski definition) is 2. The molecule has 2 aromatic carbocycles. The first kappa shape index (κ1) is 13.7. The lowest BCUT2D eigenvalue weighted by molar-refractivity contribution is 0.102. The predicted molar refractivity (Wildman–Crippen MR) is 87.1 cm³/mol. The van der Waals surface area contributed by atoms with E-state index in [0.717, 1.165) is 47.5 Å². The molecule has 0 fully saturated rings. The van der Waals surface area contributed by atoms with E-state index < -0.39 is 0 Å². The van der Waals surface area contributed by atoms with Crippen molar-refractivity contribution in [2.24, 2.45) is 0 Å². The highest BCUT2D eigenvalue weighted by atomic mass is 16.1. The Bertz CT molecular complexity index is 692. The van der Waals surface area contributed by atoms with Gasteiger partial charge in [-0.25, -0.2) is 0 Å². The van der Waals surface area contributed by atoms with E-state index in [-0.39, 0.29) is 5.91 Å². The Hall–Kier alpha value is -2.29. The molecule has 0 atom stereocenters. The van der Waals surface area contributed by atoms with Crippen LogP contribution in [0.15, 0.2) is 36.4 Å². The highest BCUT2D eigenvalue weighted by molar-refractivity contribution is 6.06. The van der Waals surface area contributed by atoms with E-state index in [1.54, 1.807) is 0 Å². The van der Waals surface area contributed by atoms with Gasteiger partial charge in [0.05, 0.1) is 0 Å². The zero-order valence-electron chi connectivity index (χ0n) is 12.5. The van der Waals surface area contributed by atoms with Crippen molar-refractivity contribution in [1.29, 1.82) is 0 Å². The van der Waals surface area contributed by atoms with Crippen LogP contribution < -0.4 is 10.6 Å². The maximum atomic E-state index is 12.6. The number of anilines is 2. The molecular weight excluding hydrogens is 260 g/mol. The molecular formula is C18H20N2O. The lowest BCUT2D eigenvalue weighted by Gasteiger charge is -2.20. The number of benzene rings is 2. The molecule has 3 heteroatoms. The molecule has 3 rings (SSSR count). The van der Waals surface area contributed by atoms with E-state index >= 15 is 0 Å². The number of amides is 1. The fraction of sp³-hybridized carbons (Fsp3) is 0.278. The maximum Gasteiger partial charge on any atom is 0.256 e. The Morgan fingerprint density at radius 2 is 2.05 bits per heavy atom. The third-order valence-corrected chi connectivity index (χ3v) is 3.97. The summed E-state index contributed by atoms with van der Waals surface area (Å²) >= 11 is 0. The van der Waals surface area contributed by atoms with Crippen LogP contribution in [0.25, 0.3) is 0 Å². The number of carbonyl (C=O) groups is 1. The third kappa shape index (κ3) is 2.77. The van der Waals surface area contributed by atoms with E-state index in [4.69, 9.17) is 0 Å². The van der Waals surface area contributed by atoms with Gasteiger partial charge in [0.15, 0.2) is 0 Å². The smallest absolute Gasteiger partial charge is 0.256 e. The minimum absolute atomic E-state index is 0.0255. The van der Waals surface area contributed by atoms with Crippen molar-refractivity contribution in [3.8, 4) is 0 Å². The molecule has 0 saturated carbocycles. The van der Waals surface area contributed by atoms with Crippen molar-refractivity contribution in [2.45, 2.75) is 26.7 Å². The first-order valence-corrected chi connectivity index (χ1v) is 7.39. The lowest BCUT2D eigenvalue weighted by atomic mass is 9.97. The van der Waals surface area contributed by atoms with Crippen LogP contribution in [-0.4, -0.2) is 12.5 Å². The summed E-state index contributed by atoms with van der Waals surface area (Å²) in [7, 11) is 0. The van der Waals surface area contributed by atoms with Gasteiger partial charge in [-0.15, -0.1) is 0 Å². The Morgan fingerprint density at radius 3 is 2.86 bits per heavy atom. The second kappa shape index (κ2) is 5.60. The topological polar surface area (TPSA) is 41.1 Å². The molecule has 0 aliphatic carbocycles. The summed E-state index contributed by atoms with van der Waals surface area (Å²) in [6, 6.07) is 12.0. The average molecular weight is 280 g/mol. The number of hydrogen-bond acceptors (Lipinski definition) is 2. The number of aryl methyl sites for hydroxylation is 2. The van der Waals surface area contributed by atoms with Gasteiger partial charge in [0.25, 0.3) is 5.91 Å². The van der Waals surface area contributed by atoms with Crippen molar-refractivity contribution in [3.63, 3.8) is 0 Å². The van der Waals surface area contributed by atoms with E-state index in [2.05, 4.69) is 23.6 Å². The molecule has 108 valence electrons. The molecule has 0 spiro atoms. The van der Waals surface area contributed by atoms with Crippen LogP contribution in [0.1, 0.15) is 33.5 Å². The van der Waals surface area contributed by atoms with Crippen LogP contribution >= 0.6 is 0 Å². The van der Waals surface area contributed by atoms with Crippen LogP contribution in [-0.2, 0) is 6.42 Å². The number of rotatable bonds is 2. The van der Waals surface area contributed by atoms with Crippen molar-refractivity contribution in [1.82, 2.24) is 0 Å². The molecule has 1 aliphatic heterocycles. The molecule has 0 aromatic heterocycles. The summed E-state index contributed by atoms with van der Waals surface area (Å²) in [6.07, 6.45) is 2.03. The monoisotopic (exact) mass is 280 g/mol. The van der Waals surface area contributed by atoms with Gasteiger partial charge in [0.1, 0.15) is 0 Å². The summed E-state index contributed by atoms with van der Waals surface area (Å²) in [5.74, 6) is -0.0255. The van der Waals surface area contributed by atoms with Crippen LogP contribution in [0.3, 0.4) is 0 Å². The standard InChI is InChI=1S/C18H20N2O/c1-12-8-9-16(13(2)11-12)20-18(21)15-5-3-7-17-14(15)6-4-10-19-17/h3,5,7-9,11,19H,4,6,10H2,1-2H3,(H,20,21). The number of nitrogens with one attached hydrogen (secondary N) is 2. The fourth-order valence-corrected chi connectivity index (χ4v) is 2.87. The van der Waals surface area contributed by atoms with E-state index in [0.29, 0.717) is 0 Å². The molecule has 0 radical (unpaired) electrons. The maximum absolute atomic E-state index is 12.6. The van der Waals surface area contributed by atoms with Gasteiger partial charge in [0, 0.05) is 23.5 Å². The van der Waals surface area contributed by atoms with Gasteiger partial charge >= 0.3 is 0 Å². The first-order valence-electron chi connectivity index (χ1n) is 7.39. The van der Waals surface area contributed by atoms with Crippen molar-refractivity contribution in [3.05, 3.63) is 58.7 Å². The van der Waals surface area contributed by atoms with Gasteiger partial charge in [-0.05, 0) is 56.0 Å². The highest BCUT2D eigenvalue weighted by Crippen LogP contribution is 2.26. The minimum atomic E-state index is -0.0255. The Balaban J connectivity index is 1.89. The van der Waals surface area contributed by atoms with Crippen molar-refractivity contribution >= 4 is 17.3 Å². The predicted octanol–water partition coefficient (Wildman–Crippen LogP) is 3.91. The molecule has 1 aliphatic rings. The fourth-order valence-electron chi connectivity index (χ4n) is 2.87. The second-order valence-corrected chi connectivity index (χ2v) is 5.63. The summed E-state index contributed by atoms with van der Waals surface area (Å²) in [5.41, 5.74) is 6.17. The largest absolute Gasteiger partial charge is 0.385 e. The zero-order chi connectivity index (χ0) is 14.8. The van der Waals surface area contributed by atoms with Crippen LogP contribution in [0.4, 0.5) is 11.4 Å². The van der Waals surface area contributed by atoms with Crippen LogP contribution in [0, 0.1) is 13.8 Å².